The molecule has 0 aliphatic rings. The molecule has 0 N–H and O–H groups in total. The van der Waals surface area contributed by atoms with Crippen LogP contribution in [0.25, 0.3) is 0 Å². The highest BCUT2D eigenvalue weighted by Crippen LogP contribution is 1.97. The van der Waals surface area contributed by atoms with E-state index >= 15 is 0 Å². The lowest BCUT2D eigenvalue weighted by molar-refractivity contribution is 0.196. The molecule has 0 aliphatic heterocycles. The third-order valence-corrected chi connectivity index (χ3v) is 1.43. The average Bonchev–Trinajstić information content (AvgIpc) is 2.04. The zero-order chi connectivity index (χ0) is 8.53. The van der Waals surface area contributed by atoms with E-state index < -0.39 is 0 Å². The second kappa shape index (κ2) is 7.80. The third kappa shape index (κ3) is 7.60. The van der Waals surface area contributed by atoms with E-state index in [0.717, 1.165) is 19.4 Å². The van der Waals surface area contributed by atoms with Crippen LogP contribution < -0.4 is 0 Å². The number of ether oxygens (including phenoxy) is 1. The first kappa shape index (κ1) is 10.7. The highest BCUT2D eigenvalue weighted by Gasteiger charge is 1.82. The van der Waals surface area contributed by atoms with E-state index in [2.05, 4.69) is 11.8 Å². The van der Waals surface area contributed by atoms with Gasteiger partial charge in [0.25, 0.3) is 0 Å². The predicted molar refractivity (Wildman–Crippen MR) is 52.1 cm³/mol. The number of rotatable bonds is 3. The van der Waals surface area contributed by atoms with Gasteiger partial charge in [-0.3, -0.25) is 0 Å². The van der Waals surface area contributed by atoms with E-state index in [1.165, 1.54) is 0 Å². The topological polar surface area (TPSA) is 26.3 Å². The molecule has 0 saturated carbocycles. The van der Waals surface area contributed by atoms with Gasteiger partial charge in [-0.25, -0.2) is 4.79 Å². The van der Waals surface area contributed by atoms with Gasteiger partial charge in [0.05, 0.1) is 0 Å². The van der Waals surface area contributed by atoms with Gasteiger partial charge in [0.15, 0.2) is 0 Å². The van der Waals surface area contributed by atoms with Crippen molar-refractivity contribution in [2.75, 3.05) is 13.7 Å². The van der Waals surface area contributed by atoms with Crippen LogP contribution in [-0.2, 0) is 9.53 Å². The Morgan fingerprint density at radius 1 is 1.64 bits per heavy atom. The summed E-state index contributed by atoms with van der Waals surface area (Å²) in [7, 11) is 1.66. The Morgan fingerprint density at radius 2 is 2.36 bits per heavy atom. The first-order valence-electron chi connectivity index (χ1n) is 3.19. The molecule has 0 spiro atoms. The van der Waals surface area contributed by atoms with Crippen LogP contribution in [0.15, 0.2) is 3.58 Å². The summed E-state index contributed by atoms with van der Waals surface area (Å²) in [5.41, 5.74) is 0. The Balaban J connectivity index is 3.48. The maximum atomic E-state index is 9.93. The number of allylic oxidation sites excluding steroid dienone is 1. The van der Waals surface area contributed by atoms with Gasteiger partial charge in [-0.1, -0.05) is 5.92 Å². The summed E-state index contributed by atoms with van der Waals surface area (Å²) in [5.74, 6) is 7.20. The number of carbonyl (C=O) groups excluding carboxylic acids is 1. The summed E-state index contributed by atoms with van der Waals surface area (Å²) in [4.78, 5) is 9.93. The van der Waals surface area contributed by atoms with Gasteiger partial charge in [0.1, 0.15) is 9.52 Å². The van der Waals surface area contributed by atoms with E-state index in [1.54, 1.807) is 13.1 Å². The van der Waals surface area contributed by atoms with Crippen molar-refractivity contribution >= 4 is 28.5 Å². The average molecular weight is 264 g/mol. The minimum absolute atomic E-state index is 0.431. The quantitative estimate of drug-likeness (QED) is 0.335. The van der Waals surface area contributed by atoms with Crippen molar-refractivity contribution in [3.8, 4) is 11.8 Å². The van der Waals surface area contributed by atoms with Crippen molar-refractivity contribution in [1.82, 2.24) is 0 Å². The van der Waals surface area contributed by atoms with Crippen molar-refractivity contribution < 1.29 is 9.53 Å². The van der Waals surface area contributed by atoms with Crippen LogP contribution in [0.1, 0.15) is 12.8 Å². The Labute approximate surface area is 80.1 Å². The van der Waals surface area contributed by atoms with Gasteiger partial charge >= 0.3 is 0 Å². The van der Waals surface area contributed by atoms with Gasteiger partial charge < -0.3 is 4.74 Å². The van der Waals surface area contributed by atoms with E-state index in [0.29, 0.717) is 3.58 Å². The summed E-state index contributed by atoms with van der Waals surface area (Å²) in [6.07, 6.45) is 1.67. The molecule has 0 atom stereocenters. The molecule has 0 amide bonds. The summed E-state index contributed by atoms with van der Waals surface area (Å²) in [6.45, 7) is 0.718. The first-order valence-corrected chi connectivity index (χ1v) is 4.27. The molecule has 60 valence electrons. The SMILES string of the molecule is COCCCC#CC(I)=C=O. The molecule has 0 unspecified atom stereocenters. The molecule has 3 heteroatoms. The lowest BCUT2D eigenvalue weighted by Crippen LogP contribution is -1.85. The van der Waals surface area contributed by atoms with Crippen LogP contribution in [0.2, 0.25) is 0 Å². The molecule has 0 bridgehead atoms. The van der Waals surface area contributed by atoms with Crippen molar-refractivity contribution in [1.29, 1.82) is 0 Å². The monoisotopic (exact) mass is 264 g/mol. The van der Waals surface area contributed by atoms with Crippen LogP contribution in [0, 0.1) is 11.8 Å². The van der Waals surface area contributed by atoms with Gasteiger partial charge in [-0.05, 0) is 34.9 Å². The Morgan fingerprint density at radius 3 is 2.91 bits per heavy atom. The zero-order valence-electron chi connectivity index (χ0n) is 6.32. The van der Waals surface area contributed by atoms with Crippen LogP contribution in [0.3, 0.4) is 0 Å². The second-order valence-corrected chi connectivity index (χ2v) is 2.89. The zero-order valence-corrected chi connectivity index (χ0v) is 8.47. The van der Waals surface area contributed by atoms with Gasteiger partial charge in [-0.2, -0.15) is 0 Å². The molecular weight excluding hydrogens is 255 g/mol. The van der Waals surface area contributed by atoms with Crippen LogP contribution in [0.4, 0.5) is 0 Å². The maximum absolute atomic E-state index is 9.93. The molecule has 0 fully saturated rings. The molecule has 0 aromatic rings. The predicted octanol–water partition coefficient (Wildman–Crippen LogP) is 1.57. The van der Waals surface area contributed by atoms with Crippen molar-refractivity contribution in [3.05, 3.63) is 3.58 Å². The van der Waals surface area contributed by atoms with E-state index in [4.69, 9.17) is 4.74 Å². The molecule has 0 radical (unpaired) electrons. The van der Waals surface area contributed by atoms with E-state index in [1.807, 2.05) is 22.6 Å². The fraction of sp³-hybridized carbons (Fsp3) is 0.500. The number of hydrogen-bond donors (Lipinski definition) is 0. The largest absolute Gasteiger partial charge is 0.385 e. The summed E-state index contributed by atoms with van der Waals surface area (Å²) in [5, 5.41) is 0. The number of halogens is 1. The second-order valence-electron chi connectivity index (χ2n) is 1.81. The van der Waals surface area contributed by atoms with E-state index in [-0.39, 0.29) is 0 Å². The lowest BCUT2D eigenvalue weighted by Gasteiger charge is -1.90. The molecule has 0 saturated heterocycles. The summed E-state index contributed by atoms with van der Waals surface area (Å²) in [6, 6.07) is 0. The Bertz CT molecular complexity index is 206. The highest BCUT2D eigenvalue weighted by atomic mass is 127. The Kier molecular flexibility index (Phi) is 7.59. The highest BCUT2D eigenvalue weighted by molar-refractivity contribution is 14.1. The fourth-order valence-corrected chi connectivity index (χ4v) is 0.661. The fourth-order valence-electron chi connectivity index (χ4n) is 0.471. The van der Waals surface area contributed by atoms with Crippen molar-refractivity contribution in [3.63, 3.8) is 0 Å². The smallest absolute Gasteiger partial charge is 0.148 e. The molecule has 0 aromatic carbocycles. The minimum atomic E-state index is 0.431. The summed E-state index contributed by atoms with van der Waals surface area (Å²) < 4.78 is 5.25. The number of hydrogen-bond acceptors (Lipinski definition) is 2. The van der Waals surface area contributed by atoms with Crippen LogP contribution in [0.5, 0.6) is 0 Å². The Hall–Kier alpha value is -0.300. The molecular formula is C8H9IO2. The van der Waals surface area contributed by atoms with Gasteiger partial charge in [-0.15, -0.1) is 0 Å². The first-order chi connectivity index (χ1) is 5.31. The molecule has 0 rings (SSSR count). The van der Waals surface area contributed by atoms with Crippen molar-refractivity contribution in [2.45, 2.75) is 12.8 Å². The van der Waals surface area contributed by atoms with Gasteiger partial charge in [0.2, 0.25) is 0 Å². The standard InChI is InChI=1S/C8H9IO2/c1-11-6-4-2-3-5-8(9)7-10/h2,4,6H2,1H3. The van der Waals surface area contributed by atoms with E-state index in [9.17, 15) is 4.79 Å². The lowest BCUT2D eigenvalue weighted by atomic mass is 10.3. The molecule has 0 heterocycles. The van der Waals surface area contributed by atoms with Gasteiger partial charge in [0, 0.05) is 20.1 Å². The number of unbranched alkanes of at least 4 members (excludes halogenated alkanes) is 1. The van der Waals surface area contributed by atoms with Crippen LogP contribution in [-0.4, -0.2) is 19.7 Å². The van der Waals surface area contributed by atoms with Crippen molar-refractivity contribution in [2.24, 2.45) is 0 Å². The number of methoxy groups -OCH3 is 1. The third-order valence-electron chi connectivity index (χ3n) is 0.938. The molecule has 2 nitrogen and oxygen atoms in total. The maximum Gasteiger partial charge on any atom is 0.148 e. The molecule has 0 aliphatic carbocycles. The normalized spacial score (nSPS) is 7.82. The summed E-state index contributed by atoms with van der Waals surface area (Å²) >= 11 is 1.85. The minimum Gasteiger partial charge on any atom is -0.385 e. The van der Waals surface area contributed by atoms with Crippen LogP contribution >= 0.6 is 22.6 Å². The molecule has 11 heavy (non-hydrogen) atoms. The molecule has 0 aromatic heterocycles.